The smallest absolute Gasteiger partial charge is 0.150 e. The van der Waals surface area contributed by atoms with Crippen molar-refractivity contribution in [3.63, 3.8) is 0 Å². The summed E-state index contributed by atoms with van der Waals surface area (Å²) in [7, 11) is 0. The van der Waals surface area contributed by atoms with E-state index in [1.54, 1.807) is 36.9 Å². The molecule has 2 heterocycles. The van der Waals surface area contributed by atoms with Gasteiger partial charge in [-0.1, -0.05) is 0 Å². The van der Waals surface area contributed by atoms with Gasteiger partial charge < -0.3 is 0 Å². The molecule has 2 rings (SSSR count). The van der Waals surface area contributed by atoms with Crippen LogP contribution in [0.15, 0.2) is 36.9 Å². The first-order chi connectivity index (χ1) is 6.90. The van der Waals surface area contributed by atoms with Crippen LogP contribution in [0.25, 0.3) is 11.4 Å². The summed E-state index contributed by atoms with van der Waals surface area (Å²) >= 11 is 0. The molecule has 68 valence electrons. The van der Waals surface area contributed by atoms with Gasteiger partial charge in [0.1, 0.15) is 12.0 Å². The van der Waals surface area contributed by atoms with Crippen molar-refractivity contribution in [2.45, 2.75) is 0 Å². The maximum atomic E-state index is 10.5. The molecule has 0 N–H and O–H groups in total. The highest BCUT2D eigenvalue weighted by Crippen LogP contribution is 2.12. The fourth-order valence-corrected chi connectivity index (χ4v) is 1.09. The van der Waals surface area contributed by atoms with Crippen LogP contribution >= 0.6 is 0 Å². The second kappa shape index (κ2) is 3.74. The molecule has 2 aromatic rings. The third-order valence-electron chi connectivity index (χ3n) is 1.75. The van der Waals surface area contributed by atoms with Crippen LogP contribution in [0.3, 0.4) is 0 Å². The topological polar surface area (TPSA) is 55.7 Å². The molecule has 0 saturated heterocycles. The zero-order chi connectivity index (χ0) is 9.80. The number of hydrogen-bond acceptors (Lipinski definition) is 4. The Morgan fingerprint density at radius 3 is 2.64 bits per heavy atom. The lowest BCUT2D eigenvalue weighted by Gasteiger charge is -1.98. The van der Waals surface area contributed by atoms with E-state index in [0.717, 1.165) is 6.29 Å². The van der Waals surface area contributed by atoms with Gasteiger partial charge in [0.25, 0.3) is 0 Å². The molecule has 0 amide bonds. The number of aromatic nitrogens is 3. The maximum absolute atomic E-state index is 10.5. The highest BCUT2D eigenvalue weighted by atomic mass is 16.1. The normalized spacial score (nSPS) is 9.71. The second-order valence-electron chi connectivity index (χ2n) is 2.68. The minimum Gasteiger partial charge on any atom is -0.298 e. The van der Waals surface area contributed by atoms with Crippen LogP contribution in [-0.4, -0.2) is 21.2 Å². The number of carbonyl (C=O) groups excluding carboxylic acids is 1. The van der Waals surface area contributed by atoms with Crippen molar-refractivity contribution in [3.8, 4) is 11.4 Å². The number of aldehydes is 1. The molecule has 0 spiro atoms. The summed E-state index contributed by atoms with van der Waals surface area (Å²) in [5.74, 6) is 0. The molecule has 0 radical (unpaired) electrons. The molecule has 4 heteroatoms. The Kier molecular flexibility index (Phi) is 2.27. The van der Waals surface area contributed by atoms with Crippen LogP contribution in [0.1, 0.15) is 10.4 Å². The minimum absolute atomic E-state index is 0.584. The maximum Gasteiger partial charge on any atom is 0.150 e. The Morgan fingerprint density at radius 2 is 1.93 bits per heavy atom. The molecule has 0 aliphatic rings. The van der Waals surface area contributed by atoms with Crippen molar-refractivity contribution in [2.24, 2.45) is 0 Å². The quantitative estimate of drug-likeness (QED) is 0.662. The van der Waals surface area contributed by atoms with Crippen LogP contribution in [-0.2, 0) is 0 Å². The lowest BCUT2D eigenvalue weighted by atomic mass is 10.2. The summed E-state index contributed by atoms with van der Waals surface area (Å²) in [6.07, 6.45) is 7.14. The molecule has 0 aliphatic heterocycles. The standard InChI is InChI=1S/C10H7N3O/c14-7-8-1-2-12-9(5-8)10-6-11-3-4-13-10/h1-7H. The van der Waals surface area contributed by atoms with E-state index in [9.17, 15) is 4.79 Å². The SMILES string of the molecule is O=Cc1ccnc(-c2cnccn2)c1. The van der Waals surface area contributed by atoms with Gasteiger partial charge in [0.05, 0.1) is 11.9 Å². The molecule has 0 saturated carbocycles. The average Bonchev–Trinajstić information content (AvgIpc) is 2.30. The molecule has 0 fully saturated rings. The van der Waals surface area contributed by atoms with Crippen LogP contribution in [0, 0.1) is 0 Å². The van der Waals surface area contributed by atoms with E-state index in [4.69, 9.17) is 0 Å². The van der Waals surface area contributed by atoms with Gasteiger partial charge in [-0.15, -0.1) is 0 Å². The van der Waals surface area contributed by atoms with E-state index < -0.39 is 0 Å². The predicted molar refractivity (Wildman–Crippen MR) is 50.7 cm³/mol. The van der Waals surface area contributed by atoms with E-state index in [0.29, 0.717) is 17.0 Å². The highest BCUT2D eigenvalue weighted by molar-refractivity contribution is 5.76. The van der Waals surface area contributed by atoms with Crippen molar-refractivity contribution in [3.05, 3.63) is 42.5 Å². The summed E-state index contributed by atoms with van der Waals surface area (Å²) in [5.41, 5.74) is 1.90. The summed E-state index contributed by atoms with van der Waals surface area (Å²) in [6, 6.07) is 3.32. The summed E-state index contributed by atoms with van der Waals surface area (Å²) in [6.45, 7) is 0. The largest absolute Gasteiger partial charge is 0.298 e. The second-order valence-corrected chi connectivity index (χ2v) is 2.68. The predicted octanol–water partition coefficient (Wildman–Crippen LogP) is 1.35. The van der Waals surface area contributed by atoms with Gasteiger partial charge in [-0.3, -0.25) is 19.7 Å². The van der Waals surface area contributed by atoms with E-state index >= 15 is 0 Å². The average molecular weight is 185 g/mol. The van der Waals surface area contributed by atoms with E-state index in [-0.39, 0.29) is 0 Å². The lowest BCUT2D eigenvalue weighted by molar-refractivity contribution is 0.112. The third kappa shape index (κ3) is 1.64. The van der Waals surface area contributed by atoms with Gasteiger partial charge in [-0.2, -0.15) is 0 Å². The summed E-state index contributed by atoms with van der Waals surface area (Å²) in [4.78, 5) is 22.6. The van der Waals surface area contributed by atoms with E-state index in [1.807, 2.05) is 0 Å². The van der Waals surface area contributed by atoms with Crippen molar-refractivity contribution in [2.75, 3.05) is 0 Å². The highest BCUT2D eigenvalue weighted by Gasteiger charge is 2.00. The molecule has 14 heavy (non-hydrogen) atoms. The zero-order valence-corrected chi connectivity index (χ0v) is 7.29. The third-order valence-corrected chi connectivity index (χ3v) is 1.75. The first-order valence-corrected chi connectivity index (χ1v) is 4.08. The Hall–Kier alpha value is -2.10. The molecule has 2 aromatic heterocycles. The summed E-state index contributed by atoms with van der Waals surface area (Å²) < 4.78 is 0. The fraction of sp³-hybridized carbons (Fsp3) is 0. The van der Waals surface area contributed by atoms with E-state index in [1.165, 1.54) is 0 Å². The molecule has 0 aliphatic carbocycles. The molecular formula is C10H7N3O. The van der Waals surface area contributed by atoms with Crippen LogP contribution in [0.4, 0.5) is 0 Å². The Bertz CT molecular complexity index is 442. The van der Waals surface area contributed by atoms with Gasteiger partial charge in [-0.05, 0) is 12.1 Å². The van der Waals surface area contributed by atoms with Gasteiger partial charge in [-0.25, -0.2) is 0 Å². The van der Waals surface area contributed by atoms with Crippen LogP contribution in [0.5, 0.6) is 0 Å². The molecule has 0 atom stereocenters. The lowest BCUT2D eigenvalue weighted by Crippen LogP contribution is -1.89. The summed E-state index contributed by atoms with van der Waals surface area (Å²) in [5, 5.41) is 0. The number of pyridine rings is 1. The van der Waals surface area contributed by atoms with Crippen molar-refractivity contribution < 1.29 is 4.79 Å². The monoisotopic (exact) mass is 185 g/mol. The fourth-order valence-electron chi connectivity index (χ4n) is 1.09. The van der Waals surface area contributed by atoms with Gasteiger partial charge in [0.15, 0.2) is 0 Å². The van der Waals surface area contributed by atoms with Crippen molar-refractivity contribution >= 4 is 6.29 Å². The number of nitrogens with zero attached hydrogens (tertiary/aromatic N) is 3. The number of rotatable bonds is 2. The molecule has 0 bridgehead atoms. The Balaban J connectivity index is 2.47. The zero-order valence-electron chi connectivity index (χ0n) is 7.29. The minimum atomic E-state index is 0.584. The number of hydrogen-bond donors (Lipinski definition) is 0. The van der Waals surface area contributed by atoms with E-state index in [2.05, 4.69) is 15.0 Å². The van der Waals surface area contributed by atoms with Crippen LogP contribution in [0.2, 0.25) is 0 Å². The Morgan fingerprint density at radius 1 is 1.07 bits per heavy atom. The van der Waals surface area contributed by atoms with Crippen molar-refractivity contribution in [1.29, 1.82) is 0 Å². The molecule has 0 unspecified atom stereocenters. The number of carbonyl (C=O) groups is 1. The van der Waals surface area contributed by atoms with Gasteiger partial charge >= 0.3 is 0 Å². The first kappa shape index (κ1) is 8.50. The van der Waals surface area contributed by atoms with Gasteiger partial charge in [0, 0.05) is 24.2 Å². The van der Waals surface area contributed by atoms with Gasteiger partial charge in [0.2, 0.25) is 0 Å². The Labute approximate surface area is 80.7 Å². The molecule has 0 aromatic carbocycles. The van der Waals surface area contributed by atoms with Crippen LogP contribution < -0.4 is 0 Å². The van der Waals surface area contributed by atoms with Crippen molar-refractivity contribution in [1.82, 2.24) is 15.0 Å². The molecule has 4 nitrogen and oxygen atoms in total. The first-order valence-electron chi connectivity index (χ1n) is 4.08. The molecular weight excluding hydrogens is 178 g/mol.